The van der Waals surface area contributed by atoms with Crippen molar-refractivity contribution in [3.63, 3.8) is 0 Å². The summed E-state index contributed by atoms with van der Waals surface area (Å²) in [5.74, 6) is -0.222. The molecule has 0 saturated heterocycles. The van der Waals surface area contributed by atoms with Gasteiger partial charge in [-0.1, -0.05) is 52.5 Å². The number of allylic oxidation sites excluding steroid dienone is 1. The van der Waals surface area contributed by atoms with Crippen LogP contribution in [0.2, 0.25) is 0 Å². The fraction of sp³-hybridized carbons (Fsp3) is 0.800. The molecule has 0 amide bonds. The second kappa shape index (κ2) is 9.26. The van der Waals surface area contributed by atoms with Crippen LogP contribution in [0.25, 0.3) is 0 Å². The topological polar surface area (TPSA) is 26.3 Å². The van der Waals surface area contributed by atoms with E-state index in [1.807, 2.05) is 6.92 Å². The average molecular weight is 240 g/mol. The Morgan fingerprint density at radius 1 is 1.24 bits per heavy atom. The zero-order chi connectivity index (χ0) is 13.1. The van der Waals surface area contributed by atoms with Gasteiger partial charge in [-0.15, -0.1) is 0 Å². The van der Waals surface area contributed by atoms with Gasteiger partial charge in [0, 0.05) is 11.5 Å². The summed E-state index contributed by atoms with van der Waals surface area (Å²) < 4.78 is 5.27. The Morgan fingerprint density at radius 3 is 2.47 bits per heavy atom. The number of carbonyl (C=O) groups is 1. The zero-order valence-corrected chi connectivity index (χ0v) is 11.9. The van der Waals surface area contributed by atoms with Gasteiger partial charge in [-0.3, -0.25) is 0 Å². The first-order valence-corrected chi connectivity index (χ1v) is 6.87. The first-order valence-electron chi connectivity index (χ1n) is 6.87. The molecule has 0 aliphatic carbocycles. The highest BCUT2D eigenvalue weighted by Crippen LogP contribution is 2.29. The largest absolute Gasteiger partial charge is 0.462 e. The second-order valence-corrected chi connectivity index (χ2v) is 5.08. The maximum Gasteiger partial charge on any atom is 0.330 e. The maximum atomic E-state index is 11.3. The van der Waals surface area contributed by atoms with Gasteiger partial charge in [0.1, 0.15) is 0 Å². The summed E-state index contributed by atoms with van der Waals surface area (Å²) in [5, 5.41) is 0. The van der Waals surface area contributed by atoms with E-state index in [4.69, 9.17) is 4.74 Å². The fourth-order valence-corrected chi connectivity index (χ4v) is 1.76. The van der Waals surface area contributed by atoms with E-state index < -0.39 is 0 Å². The molecule has 0 N–H and O–H groups in total. The lowest BCUT2D eigenvalue weighted by molar-refractivity contribution is -0.141. The van der Waals surface area contributed by atoms with Crippen molar-refractivity contribution >= 4 is 5.97 Å². The Bertz CT molecular complexity index is 233. The molecule has 2 heteroatoms. The van der Waals surface area contributed by atoms with E-state index in [1.54, 1.807) is 6.08 Å². The molecule has 0 aromatic rings. The molecule has 0 aromatic heterocycles. The van der Waals surface area contributed by atoms with Gasteiger partial charge in [0.2, 0.25) is 0 Å². The van der Waals surface area contributed by atoms with E-state index in [1.165, 1.54) is 31.8 Å². The zero-order valence-electron chi connectivity index (χ0n) is 11.9. The predicted octanol–water partition coefficient (Wildman–Crippen LogP) is 4.49. The lowest BCUT2D eigenvalue weighted by Gasteiger charge is -2.27. The van der Waals surface area contributed by atoms with Gasteiger partial charge < -0.3 is 4.74 Å². The van der Waals surface area contributed by atoms with E-state index in [2.05, 4.69) is 20.8 Å². The fourth-order valence-electron chi connectivity index (χ4n) is 1.76. The summed E-state index contributed by atoms with van der Waals surface area (Å²) in [7, 11) is 0. The number of unbranched alkanes of at least 4 members (excludes halogenated alkanes) is 3. The highest BCUT2D eigenvalue weighted by atomic mass is 16.5. The Labute approximate surface area is 106 Å². The molecule has 0 spiro atoms. The summed E-state index contributed by atoms with van der Waals surface area (Å²) in [6.45, 7) is 8.97. The van der Waals surface area contributed by atoms with Crippen LogP contribution in [0.3, 0.4) is 0 Å². The average Bonchev–Trinajstić information content (AvgIpc) is 2.33. The van der Waals surface area contributed by atoms with E-state index in [-0.39, 0.29) is 11.4 Å². The Kier molecular flexibility index (Phi) is 8.83. The molecule has 100 valence electrons. The molecule has 0 aromatic carbocycles. The van der Waals surface area contributed by atoms with Crippen molar-refractivity contribution in [2.45, 2.75) is 66.2 Å². The van der Waals surface area contributed by atoms with Crippen molar-refractivity contribution in [3.05, 3.63) is 12.2 Å². The van der Waals surface area contributed by atoms with Gasteiger partial charge in [0.15, 0.2) is 0 Å². The van der Waals surface area contributed by atoms with E-state index >= 15 is 0 Å². The minimum Gasteiger partial charge on any atom is -0.462 e. The third-order valence-electron chi connectivity index (χ3n) is 3.35. The third-order valence-corrected chi connectivity index (χ3v) is 3.35. The molecule has 17 heavy (non-hydrogen) atoms. The first-order chi connectivity index (χ1) is 8.08. The number of esters is 1. The highest BCUT2D eigenvalue weighted by molar-refractivity contribution is 5.81. The smallest absolute Gasteiger partial charge is 0.330 e. The summed E-state index contributed by atoms with van der Waals surface area (Å²) in [6, 6.07) is 0. The molecule has 0 heterocycles. The molecule has 2 nitrogen and oxygen atoms in total. The van der Waals surface area contributed by atoms with Crippen molar-refractivity contribution in [3.8, 4) is 0 Å². The molecule has 0 saturated carbocycles. The minimum absolute atomic E-state index is 0.144. The van der Waals surface area contributed by atoms with Gasteiger partial charge in [0.05, 0.1) is 6.61 Å². The normalized spacial score (nSPS) is 14.8. The van der Waals surface area contributed by atoms with Crippen LogP contribution in [-0.2, 0) is 9.53 Å². The molecule has 0 radical (unpaired) electrons. The minimum atomic E-state index is -0.222. The van der Waals surface area contributed by atoms with E-state index in [0.29, 0.717) is 6.61 Å². The van der Waals surface area contributed by atoms with Gasteiger partial charge in [0.25, 0.3) is 0 Å². The number of rotatable bonds is 9. The summed E-state index contributed by atoms with van der Waals surface area (Å²) in [6.07, 6.45) is 10.5. The predicted molar refractivity (Wildman–Crippen MR) is 72.9 cm³/mol. The second-order valence-electron chi connectivity index (χ2n) is 5.08. The molecule has 0 rings (SSSR count). The third kappa shape index (κ3) is 8.00. The molecule has 0 fully saturated rings. The Hall–Kier alpha value is -0.790. The highest BCUT2D eigenvalue weighted by Gasteiger charge is 2.23. The van der Waals surface area contributed by atoms with Crippen LogP contribution < -0.4 is 0 Å². The molecule has 0 bridgehead atoms. The van der Waals surface area contributed by atoms with Crippen molar-refractivity contribution in [1.29, 1.82) is 0 Å². The first kappa shape index (κ1) is 16.2. The lowest BCUT2D eigenvalue weighted by atomic mass is 9.83. The van der Waals surface area contributed by atoms with Crippen molar-refractivity contribution < 1.29 is 9.53 Å². The molecular weight excluding hydrogens is 212 g/mol. The summed E-state index contributed by atoms with van der Waals surface area (Å²) in [4.78, 5) is 11.3. The van der Waals surface area contributed by atoms with Crippen LogP contribution in [0.4, 0.5) is 0 Å². The van der Waals surface area contributed by atoms with E-state index in [0.717, 1.165) is 12.8 Å². The van der Waals surface area contributed by atoms with Crippen LogP contribution >= 0.6 is 0 Å². The van der Waals surface area contributed by atoms with Crippen LogP contribution in [0.1, 0.15) is 66.2 Å². The van der Waals surface area contributed by atoms with Crippen molar-refractivity contribution in [2.24, 2.45) is 5.41 Å². The van der Waals surface area contributed by atoms with Gasteiger partial charge in [-0.05, 0) is 19.8 Å². The number of ether oxygens (including phenoxy) is 1. The lowest BCUT2D eigenvalue weighted by Crippen LogP contribution is -2.24. The molecule has 0 aliphatic rings. The Morgan fingerprint density at radius 2 is 1.94 bits per heavy atom. The van der Waals surface area contributed by atoms with E-state index in [9.17, 15) is 4.79 Å². The summed E-state index contributed by atoms with van der Waals surface area (Å²) in [5.41, 5.74) is 0.144. The van der Waals surface area contributed by atoms with Gasteiger partial charge in [-0.25, -0.2) is 4.79 Å². The molecule has 0 aliphatic heterocycles. The number of hydrogen-bond acceptors (Lipinski definition) is 2. The SMILES string of the molecule is C/C=C/C(=O)OCC(C)(CC)CCCCCC. The van der Waals surface area contributed by atoms with Gasteiger partial charge in [-0.2, -0.15) is 0 Å². The maximum absolute atomic E-state index is 11.3. The van der Waals surface area contributed by atoms with Crippen LogP contribution in [0.5, 0.6) is 0 Å². The number of hydrogen-bond donors (Lipinski definition) is 0. The Balaban J connectivity index is 3.96. The van der Waals surface area contributed by atoms with Crippen molar-refractivity contribution in [1.82, 2.24) is 0 Å². The molecule has 1 atom stereocenters. The monoisotopic (exact) mass is 240 g/mol. The summed E-state index contributed by atoms with van der Waals surface area (Å²) >= 11 is 0. The van der Waals surface area contributed by atoms with Crippen LogP contribution in [0, 0.1) is 5.41 Å². The van der Waals surface area contributed by atoms with Crippen molar-refractivity contribution in [2.75, 3.05) is 6.61 Å². The van der Waals surface area contributed by atoms with Crippen LogP contribution in [0.15, 0.2) is 12.2 Å². The number of carbonyl (C=O) groups excluding carboxylic acids is 1. The van der Waals surface area contributed by atoms with Gasteiger partial charge >= 0.3 is 5.97 Å². The quantitative estimate of drug-likeness (QED) is 0.337. The van der Waals surface area contributed by atoms with Crippen LogP contribution in [-0.4, -0.2) is 12.6 Å². The molecular formula is C15H28O2. The standard InChI is InChI=1S/C15H28O2/c1-5-8-9-10-12-15(4,7-3)13-17-14(16)11-6-2/h6,11H,5,7-10,12-13H2,1-4H3/b11-6+. The molecule has 1 unspecified atom stereocenters.